The summed E-state index contributed by atoms with van der Waals surface area (Å²) in [5.41, 5.74) is 3.40. The minimum absolute atomic E-state index is 0.754. The molecule has 4 nitrogen and oxygen atoms in total. The summed E-state index contributed by atoms with van der Waals surface area (Å²) >= 11 is 0. The number of nitrogens with zero attached hydrogens (tertiary/aromatic N) is 3. The molecule has 0 aliphatic heterocycles. The maximum Gasteiger partial charge on any atom is 0.176 e. The van der Waals surface area contributed by atoms with E-state index in [4.69, 9.17) is 0 Å². The fourth-order valence-corrected chi connectivity index (χ4v) is 1.70. The molecule has 0 radical (unpaired) electrons. The van der Waals surface area contributed by atoms with E-state index in [9.17, 15) is 0 Å². The van der Waals surface area contributed by atoms with E-state index < -0.39 is 0 Å². The molecule has 94 valence electrons. The lowest BCUT2D eigenvalue weighted by Gasteiger charge is -2.11. The fourth-order valence-electron chi connectivity index (χ4n) is 1.70. The molecule has 0 fully saturated rings. The molecule has 0 spiro atoms. The van der Waals surface area contributed by atoms with Crippen molar-refractivity contribution in [3.63, 3.8) is 0 Å². The summed E-state index contributed by atoms with van der Waals surface area (Å²) in [5, 5.41) is 7.00. The van der Waals surface area contributed by atoms with E-state index in [1.807, 2.05) is 27.9 Å². The number of aromatic amines is 1. The molecule has 0 saturated carbocycles. The third-order valence-electron chi connectivity index (χ3n) is 2.74. The third-order valence-corrected chi connectivity index (χ3v) is 2.74. The van der Waals surface area contributed by atoms with Crippen LogP contribution in [0.1, 0.15) is 24.1 Å². The van der Waals surface area contributed by atoms with E-state index in [0.717, 1.165) is 22.8 Å². The molecule has 0 amide bonds. The molecule has 1 heterocycles. The van der Waals surface area contributed by atoms with Gasteiger partial charge in [0, 0.05) is 19.8 Å². The minimum Gasteiger partial charge on any atom is -0.378 e. The van der Waals surface area contributed by atoms with Crippen molar-refractivity contribution < 1.29 is 0 Å². The highest BCUT2D eigenvalue weighted by Crippen LogP contribution is 2.17. The number of allylic oxidation sites excluding steroid dienone is 1. The van der Waals surface area contributed by atoms with Crippen LogP contribution in [0.3, 0.4) is 0 Å². The summed E-state index contributed by atoms with van der Waals surface area (Å²) in [5.74, 6) is 1.59. The number of aromatic nitrogens is 3. The Morgan fingerprint density at radius 2 is 1.89 bits per heavy atom. The van der Waals surface area contributed by atoms with Crippen molar-refractivity contribution in [2.45, 2.75) is 13.8 Å². The van der Waals surface area contributed by atoms with Crippen LogP contribution in [0.4, 0.5) is 5.69 Å². The molecular weight excluding hydrogens is 224 g/mol. The van der Waals surface area contributed by atoms with E-state index >= 15 is 0 Å². The zero-order valence-corrected chi connectivity index (χ0v) is 11.2. The molecule has 1 N–H and O–H groups in total. The van der Waals surface area contributed by atoms with E-state index in [0.29, 0.717) is 0 Å². The number of H-pyrrole nitrogens is 1. The number of rotatable bonds is 3. The monoisotopic (exact) mass is 242 g/mol. The Balaban J connectivity index is 2.22. The first-order valence-electron chi connectivity index (χ1n) is 5.91. The summed E-state index contributed by atoms with van der Waals surface area (Å²) in [7, 11) is 4.07. The molecule has 0 unspecified atom stereocenters. The quantitative estimate of drug-likeness (QED) is 0.900. The van der Waals surface area contributed by atoms with Gasteiger partial charge in [-0.1, -0.05) is 12.1 Å². The lowest BCUT2D eigenvalue weighted by atomic mass is 10.1. The first-order chi connectivity index (χ1) is 8.56. The Morgan fingerprint density at radius 3 is 2.39 bits per heavy atom. The van der Waals surface area contributed by atoms with Gasteiger partial charge in [0.05, 0.1) is 0 Å². The second-order valence-corrected chi connectivity index (χ2v) is 4.56. The van der Waals surface area contributed by atoms with Crippen molar-refractivity contribution in [1.82, 2.24) is 15.2 Å². The van der Waals surface area contributed by atoms with E-state index in [1.165, 1.54) is 5.69 Å². The summed E-state index contributed by atoms with van der Waals surface area (Å²) in [6, 6.07) is 8.39. The van der Waals surface area contributed by atoms with E-state index in [-0.39, 0.29) is 0 Å². The predicted molar refractivity (Wildman–Crippen MR) is 75.4 cm³/mol. The first-order valence-corrected chi connectivity index (χ1v) is 5.91. The second-order valence-electron chi connectivity index (χ2n) is 4.56. The standard InChI is InChI=1S/C14H18N4/c1-10(14-15-11(2)16-17-14)9-12-5-7-13(8-6-12)18(3)4/h5-9H,1-4H3,(H,15,16,17)/b10-9+. The maximum atomic E-state index is 4.31. The molecule has 0 bridgehead atoms. The van der Waals surface area contributed by atoms with Crippen LogP contribution in [0, 0.1) is 6.92 Å². The van der Waals surface area contributed by atoms with Crippen LogP contribution in [-0.4, -0.2) is 29.3 Å². The number of hydrogen-bond acceptors (Lipinski definition) is 3. The maximum absolute atomic E-state index is 4.31. The largest absolute Gasteiger partial charge is 0.378 e. The molecule has 0 aliphatic rings. The first kappa shape index (κ1) is 12.4. The van der Waals surface area contributed by atoms with Crippen molar-refractivity contribution in [2.75, 3.05) is 19.0 Å². The van der Waals surface area contributed by atoms with Gasteiger partial charge in [-0.2, -0.15) is 5.10 Å². The minimum atomic E-state index is 0.754. The number of nitrogens with one attached hydrogen (secondary N) is 1. The fraction of sp³-hybridized carbons (Fsp3) is 0.286. The Labute approximate surface area is 107 Å². The molecule has 18 heavy (non-hydrogen) atoms. The molecule has 0 saturated heterocycles. The van der Waals surface area contributed by atoms with Gasteiger partial charge in [0.15, 0.2) is 5.82 Å². The number of anilines is 1. The number of hydrogen-bond donors (Lipinski definition) is 1. The van der Waals surface area contributed by atoms with Gasteiger partial charge in [-0.05, 0) is 43.2 Å². The molecule has 0 aliphatic carbocycles. The van der Waals surface area contributed by atoms with Gasteiger partial charge in [-0.25, -0.2) is 4.98 Å². The predicted octanol–water partition coefficient (Wildman–Crippen LogP) is 2.74. The van der Waals surface area contributed by atoms with E-state index in [2.05, 4.69) is 50.4 Å². The summed E-state index contributed by atoms with van der Waals surface area (Å²) < 4.78 is 0. The van der Waals surface area contributed by atoms with Crippen LogP contribution in [-0.2, 0) is 0 Å². The van der Waals surface area contributed by atoms with Gasteiger partial charge in [0.2, 0.25) is 0 Å². The topological polar surface area (TPSA) is 44.8 Å². The van der Waals surface area contributed by atoms with Gasteiger partial charge in [0.1, 0.15) is 5.82 Å². The van der Waals surface area contributed by atoms with Crippen LogP contribution in [0.15, 0.2) is 24.3 Å². The van der Waals surface area contributed by atoms with Crippen molar-refractivity contribution in [3.05, 3.63) is 41.5 Å². The Morgan fingerprint density at radius 1 is 1.22 bits per heavy atom. The van der Waals surface area contributed by atoms with Crippen molar-refractivity contribution in [3.8, 4) is 0 Å². The van der Waals surface area contributed by atoms with E-state index in [1.54, 1.807) is 0 Å². The highest BCUT2D eigenvalue weighted by Gasteiger charge is 2.02. The zero-order valence-electron chi connectivity index (χ0n) is 11.2. The lowest BCUT2D eigenvalue weighted by Crippen LogP contribution is -2.07. The van der Waals surface area contributed by atoms with Gasteiger partial charge < -0.3 is 4.90 Å². The zero-order chi connectivity index (χ0) is 13.1. The molecule has 2 rings (SSSR count). The van der Waals surface area contributed by atoms with Crippen molar-refractivity contribution >= 4 is 17.3 Å². The van der Waals surface area contributed by atoms with Gasteiger partial charge >= 0.3 is 0 Å². The average Bonchev–Trinajstić information content (AvgIpc) is 2.76. The Hall–Kier alpha value is -2.10. The Kier molecular flexibility index (Phi) is 3.46. The summed E-state index contributed by atoms with van der Waals surface area (Å²) in [4.78, 5) is 6.39. The molecule has 1 aromatic carbocycles. The lowest BCUT2D eigenvalue weighted by molar-refractivity contribution is 1.03. The van der Waals surface area contributed by atoms with Gasteiger partial charge in [0.25, 0.3) is 0 Å². The van der Waals surface area contributed by atoms with Crippen LogP contribution in [0.25, 0.3) is 11.6 Å². The Bertz CT molecular complexity index is 549. The van der Waals surface area contributed by atoms with Gasteiger partial charge in [-0.15, -0.1) is 0 Å². The number of benzene rings is 1. The molecule has 4 heteroatoms. The average molecular weight is 242 g/mol. The van der Waals surface area contributed by atoms with Crippen LogP contribution in [0.2, 0.25) is 0 Å². The highest BCUT2D eigenvalue weighted by atomic mass is 15.2. The molecule has 1 aromatic heterocycles. The van der Waals surface area contributed by atoms with Crippen molar-refractivity contribution in [1.29, 1.82) is 0 Å². The van der Waals surface area contributed by atoms with Crippen LogP contribution < -0.4 is 4.90 Å². The second kappa shape index (κ2) is 5.04. The number of aryl methyl sites for hydroxylation is 1. The third kappa shape index (κ3) is 2.77. The van der Waals surface area contributed by atoms with Crippen LogP contribution >= 0.6 is 0 Å². The van der Waals surface area contributed by atoms with Crippen molar-refractivity contribution in [2.24, 2.45) is 0 Å². The van der Waals surface area contributed by atoms with Gasteiger partial charge in [-0.3, -0.25) is 5.10 Å². The highest BCUT2D eigenvalue weighted by molar-refractivity contribution is 5.77. The molecular formula is C14H18N4. The SMILES string of the molecule is C/C(=C\c1ccc(N(C)C)cc1)c1n[nH]c(C)n1. The molecule has 0 atom stereocenters. The van der Waals surface area contributed by atoms with Crippen LogP contribution in [0.5, 0.6) is 0 Å². The normalized spacial score (nSPS) is 11.7. The summed E-state index contributed by atoms with van der Waals surface area (Å²) in [6.45, 7) is 3.91. The summed E-state index contributed by atoms with van der Waals surface area (Å²) in [6.07, 6.45) is 2.09. The molecule has 2 aromatic rings. The smallest absolute Gasteiger partial charge is 0.176 e.